The van der Waals surface area contributed by atoms with E-state index < -0.39 is 10.0 Å². The molecule has 1 aliphatic heterocycles. The van der Waals surface area contributed by atoms with Crippen LogP contribution in [-0.2, 0) is 10.0 Å². The van der Waals surface area contributed by atoms with E-state index in [1.807, 2.05) is 43.3 Å². The van der Waals surface area contributed by atoms with Crippen molar-refractivity contribution < 1.29 is 17.9 Å². The van der Waals surface area contributed by atoms with Crippen molar-refractivity contribution in [2.24, 2.45) is 0 Å². The molecule has 3 rings (SSSR count). The Morgan fingerprint density at radius 3 is 2.34 bits per heavy atom. The third-order valence-corrected chi connectivity index (χ3v) is 6.89. The number of ether oxygens (including phenoxy) is 1. The number of hydrogen-bond acceptors (Lipinski definition) is 5. The van der Waals surface area contributed by atoms with E-state index >= 15 is 0 Å². The molecule has 0 aromatic heterocycles. The molecule has 7 nitrogen and oxygen atoms in total. The van der Waals surface area contributed by atoms with Crippen molar-refractivity contribution in [1.29, 1.82) is 0 Å². The predicted octanol–water partition coefficient (Wildman–Crippen LogP) is 1.89. The summed E-state index contributed by atoms with van der Waals surface area (Å²) in [5.74, 6) is 0.406. The van der Waals surface area contributed by atoms with Gasteiger partial charge in [0.25, 0.3) is 5.91 Å². The number of nitrogens with one attached hydrogen (secondary N) is 1. The van der Waals surface area contributed by atoms with Crippen LogP contribution in [0, 0.1) is 6.92 Å². The molecule has 0 radical (unpaired) electrons. The molecule has 2 aromatic carbocycles. The normalized spacial score (nSPS) is 15.2. The topological polar surface area (TPSA) is 79.0 Å². The second kappa shape index (κ2) is 9.28. The van der Waals surface area contributed by atoms with Gasteiger partial charge in [-0.2, -0.15) is 4.31 Å². The van der Waals surface area contributed by atoms with Crippen LogP contribution < -0.4 is 15.0 Å². The molecule has 1 heterocycles. The van der Waals surface area contributed by atoms with Crippen molar-refractivity contribution in [3.05, 3.63) is 59.7 Å². The lowest BCUT2D eigenvalue weighted by Crippen LogP contribution is -2.50. The van der Waals surface area contributed by atoms with Crippen LogP contribution in [0.4, 0.5) is 5.69 Å². The molecule has 0 saturated carbocycles. The Kier molecular flexibility index (Phi) is 6.76. The van der Waals surface area contributed by atoms with E-state index in [0.717, 1.165) is 17.0 Å². The number of rotatable bonds is 7. The van der Waals surface area contributed by atoms with Crippen molar-refractivity contribution in [2.75, 3.05) is 50.5 Å². The minimum Gasteiger partial charge on any atom is -0.495 e. The number of nitrogens with zero attached hydrogens (tertiary/aromatic N) is 2. The molecule has 0 unspecified atom stereocenters. The highest BCUT2D eigenvalue weighted by atomic mass is 32.2. The molecule has 1 amide bonds. The van der Waals surface area contributed by atoms with Gasteiger partial charge in [-0.3, -0.25) is 4.79 Å². The molecular formula is C21H27N3O4S. The molecule has 0 atom stereocenters. The van der Waals surface area contributed by atoms with Gasteiger partial charge in [0.15, 0.2) is 0 Å². The summed E-state index contributed by atoms with van der Waals surface area (Å²) in [5, 5.41) is 2.69. The first-order chi connectivity index (χ1) is 13.9. The Labute approximate surface area is 172 Å². The summed E-state index contributed by atoms with van der Waals surface area (Å²) in [6.07, 6.45) is 0. The molecular weight excluding hydrogens is 390 g/mol. The fourth-order valence-electron chi connectivity index (χ4n) is 3.33. The minimum absolute atomic E-state index is 0.0851. The summed E-state index contributed by atoms with van der Waals surface area (Å²) in [4.78, 5) is 14.3. The highest BCUT2D eigenvalue weighted by molar-refractivity contribution is 7.89. The fourth-order valence-corrected chi connectivity index (χ4v) is 4.67. The number of benzene rings is 2. The molecule has 0 spiro atoms. The molecule has 1 N–H and O–H groups in total. The minimum atomic E-state index is -3.43. The lowest BCUT2D eigenvalue weighted by atomic mass is 10.1. The third kappa shape index (κ3) is 5.27. The molecule has 1 aliphatic rings. The first kappa shape index (κ1) is 21.1. The lowest BCUT2D eigenvalue weighted by Gasteiger charge is -2.36. The Morgan fingerprint density at radius 2 is 1.69 bits per heavy atom. The van der Waals surface area contributed by atoms with Crippen LogP contribution in [0.5, 0.6) is 5.75 Å². The van der Waals surface area contributed by atoms with E-state index in [2.05, 4.69) is 10.2 Å². The number of carbonyl (C=O) groups excluding carboxylic acids is 1. The third-order valence-electron chi connectivity index (χ3n) is 5.02. The molecule has 1 saturated heterocycles. The van der Waals surface area contributed by atoms with Crippen LogP contribution in [0.1, 0.15) is 15.9 Å². The van der Waals surface area contributed by atoms with Crippen LogP contribution >= 0.6 is 0 Å². The highest BCUT2D eigenvalue weighted by Gasteiger charge is 2.27. The van der Waals surface area contributed by atoms with Crippen molar-refractivity contribution in [2.45, 2.75) is 6.92 Å². The average Bonchev–Trinajstić information content (AvgIpc) is 2.74. The maximum absolute atomic E-state index is 12.6. The lowest BCUT2D eigenvalue weighted by molar-refractivity contribution is 0.0956. The number of para-hydroxylation sites is 2. The highest BCUT2D eigenvalue weighted by Crippen LogP contribution is 2.28. The van der Waals surface area contributed by atoms with Crippen LogP contribution in [0.3, 0.4) is 0 Å². The van der Waals surface area contributed by atoms with Crippen LogP contribution in [0.2, 0.25) is 0 Å². The average molecular weight is 418 g/mol. The Balaban J connectivity index is 1.50. The summed E-state index contributed by atoms with van der Waals surface area (Å²) in [6, 6.07) is 14.9. The van der Waals surface area contributed by atoms with Crippen LogP contribution in [0.25, 0.3) is 0 Å². The first-order valence-corrected chi connectivity index (χ1v) is 11.2. The van der Waals surface area contributed by atoms with Gasteiger partial charge in [-0.25, -0.2) is 8.42 Å². The maximum atomic E-state index is 12.6. The summed E-state index contributed by atoms with van der Waals surface area (Å²) < 4.78 is 32.2. The van der Waals surface area contributed by atoms with Gasteiger partial charge >= 0.3 is 0 Å². The number of aryl methyl sites for hydroxylation is 1. The second-order valence-electron chi connectivity index (χ2n) is 7.00. The monoisotopic (exact) mass is 417 g/mol. The quantitative estimate of drug-likeness (QED) is 0.744. The molecule has 1 fully saturated rings. The van der Waals surface area contributed by atoms with E-state index in [1.54, 1.807) is 19.2 Å². The maximum Gasteiger partial charge on any atom is 0.251 e. The zero-order valence-corrected chi connectivity index (χ0v) is 17.6. The van der Waals surface area contributed by atoms with Gasteiger partial charge in [0, 0.05) is 38.3 Å². The molecule has 2 aromatic rings. The second-order valence-corrected chi connectivity index (χ2v) is 9.08. The van der Waals surface area contributed by atoms with E-state index in [0.29, 0.717) is 31.7 Å². The van der Waals surface area contributed by atoms with Gasteiger partial charge in [-0.05, 0) is 31.2 Å². The number of amides is 1. The first-order valence-electron chi connectivity index (χ1n) is 9.61. The summed E-state index contributed by atoms with van der Waals surface area (Å²) in [6.45, 7) is 4.03. The van der Waals surface area contributed by atoms with Crippen molar-refractivity contribution in [1.82, 2.24) is 9.62 Å². The molecule has 0 aliphatic carbocycles. The van der Waals surface area contributed by atoms with Gasteiger partial charge in [0.2, 0.25) is 10.0 Å². The van der Waals surface area contributed by atoms with Crippen molar-refractivity contribution >= 4 is 21.6 Å². The van der Waals surface area contributed by atoms with Gasteiger partial charge in [-0.1, -0.05) is 29.8 Å². The van der Waals surface area contributed by atoms with Crippen molar-refractivity contribution in [3.63, 3.8) is 0 Å². The number of sulfonamides is 1. The Bertz CT molecular complexity index is 937. The van der Waals surface area contributed by atoms with E-state index in [9.17, 15) is 13.2 Å². The SMILES string of the molecule is COc1ccccc1N1CCN(S(=O)(=O)CCNC(=O)c2ccc(C)cc2)CC1. The summed E-state index contributed by atoms with van der Waals surface area (Å²) in [7, 11) is -1.80. The smallest absolute Gasteiger partial charge is 0.251 e. The summed E-state index contributed by atoms with van der Waals surface area (Å²) >= 11 is 0. The predicted molar refractivity (Wildman–Crippen MR) is 114 cm³/mol. The zero-order chi connectivity index (χ0) is 20.9. The Morgan fingerprint density at radius 1 is 1.03 bits per heavy atom. The number of hydrogen-bond donors (Lipinski definition) is 1. The van der Waals surface area contributed by atoms with E-state index in [-0.39, 0.29) is 18.2 Å². The van der Waals surface area contributed by atoms with Crippen LogP contribution in [0.15, 0.2) is 48.5 Å². The molecule has 0 bridgehead atoms. The molecule has 29 heavy (non-hydrogen) atoms. The zero-order valence-electron chi connectivity index (χ0n) is 16.8. The Hall–Kier alpha value is -2.58. The van der Waals surface area contributed by atoms with Gasteiger partial charge < -0.3 is 15.0 Å². The summed E-state index contributed by atoms with van der Waals surface area (Å²) in [5.41, 5.74) is 2.56. The van der Waals surface area contributed by atoms with E-state index in [1.165, 1.54) is 4.31 Å². The standard InChI is InChI=1S/C21H27N3O4S/c1-17-7-9-18(10-8-17)21(25)22-11-16-29(26,27)24-14-12-23(13-15-24)19-5-3-4-6-20(19)28-2/h3-10H,11-16H2,1-2H3,(H,22,25). The van der Waals surface area contributed by atoms with E-state index in [4.69, 9.17) is 4.74 Å². The number of methoxy groups -OCH3 is 1. The largest absolute Gasteiger partial charge is 0.495 e. The number of piperazine rings is 1. The van der Waals surface area contributed by atoms with Crippen molar-refractivity contribution in [3.8, 4) is 5.75 Å². The number of anilines is 1. The molecule has 156 valence electrons. The fraction of sp³-hybridized carbons (Fsp3) is 0.381. The van der Waals surface area contributed by atoms with Crippen LogP contribution in [-0.4, -0.2) is 64.2 Å². The molecule has 8 heteroatoms. The number of carbonyl (C=O) groups is 1. The van der Waals surface area contributed by atoms with Gasteiger partial charge in [0.05, 0.1) is 18.6 Å². The van der Waals surface area contributed by atoms with Gasteiger partial charge in [-0.15, -0.1) is 0 Å². The van der Waals surface area contributed by atoms with Gasteiger partial charge in [0.1, 0.15) is 5.75 Å².